The van der Waals surface area contributed by atoms with Crippen molar-refractivity contribution in [3.63, 3.8) is 0 Å². The van der Waals surface area contributed by atoms with Gasteiger partial charge in [0.15, 0.2) is 0 Å². The Labute approximate surface area is 129 Å². The highest BCUT2D eigenvalue weighted by Gasteiger charge is 2.14. The van der Waals surface area contributed by atoms with Crippen LogP contribution in [0.15, 0.2) is 36.5 Å². The second kappa shape index (κ2) is 6.41. The zero-order valence-electron chi connectivity index (χ0n) is 12.3. The number of nitrogens with zero attached hydrogens (tertiary/aromatic N) is 1. The summed E-state index contributed by atoms with van der Waals surface area (Å²) in [7, 11) is 0. The van der Waals surface area contributed by atoms with Gasteiger partial charge in [0.2, 0.25) is 5.88 Å². The summed E-state index contributed by atoms with van der Waals surface area (Å²) < 4.78 is 19.1. The van der Waals surface area contributed by atoms with E-state index in [0.717, 1.165) is 6.20 Å². The Morgan fingerprint density at radius 3 is 2.67 bits per heavy atom. The molecule has 0 radical (unpaired) electrons. The molecule has 0 aliphatic heterocycles. The van der Waals surface area contributed by atoms with Gasteiger partial charge in [0.25, 0.3) is 0 Å². The van der Waals surface area contributed by atoms with Crippen molar-refractivity contribution in [2.75, 3.05) is 0 Å². The molecule has 0 aliphatic rings. The molecule has 1 heterocycles. The Hall–Kier alpha value is -1.65. The summed E-state index contributed by atoms with van der Waals surface area (Å²) in [6, 6.07) is 8.52. The average molecular weight is 309 g/mol. The summed E-state index contributed by atoms with van der Waals surface area (Å²) in [6.45, 7) is 6.56. The maximum Gasteiger partial charge on any atom is 0.223 e. The van der Waals surface area contributed by atoms with Gasteiger partial charge in [-0.05, 0) is 39.0 Å². The average Bonchev–Trinajstić information content (AvgIpc) is 2.40. The maximum absolute atomic E-state index is 13.4. The largest absolute Gasteiger partial charge is 0.437 e. The van der Waals surface area contributed by atoms with Crippen LogP contribution in [0.1, 0.15) is 26.3 Å². The number of aromatic nitrogens is 1. The fourth-order valence-corrected chi connectivity index (χ4v) is 1.85. The molecule has 0 saturated heterocycles. The van der Waals surface area contributed by atoms with Crippen LogP contribution in [-0.4, -0.2) is 10.5 Å². The van der Waals surface area contributed by atoms with Gasteiger partial charge in [-0.2, -0.15) is 0 Å². The molecule has 0 saturated carbocycles. The van der Waals surface area contributed by atoms with Crippen LogP contribution in [-0.2, 0) is 6.54 Å². The number of benzene rings is 1. The molecule has 1 N–H and O–H groups in total. The van der Waals surface area contributed by atoms with Gasteiger partial charge in [0.1, 0.15) is 11.6 Å². The summed E-state index contributed by atoms with van der Waals surface area (Å²) in [4.78, 5) is 4.02. The zero-order valence-corrected chi connectivity index (χ0v) is 13.0. The van der Waals surface area contributed by atoms with Crippen molar-refractivity contribution in [2.24, 2.45) is 0 Å². The quantitative estimate of drug-likeness (QED) is 0.899. The molecule has 0 fully saturated rings. The third-order valence-corrected chi connectivity index (χ3v) is 3.06. The summed E-state index contributed by atoms with van der Waals surface area (Å²) in [6.07, 6.45) is 1.13. The summed E-state index contributed by atoms with van der Waals surface area (Å²) in [5.41, 5.74) is 0.554. The lowest BCUT2D eigenvalue weighted by atomic mass is 10.1. The molecule has 5 heteroatoms. The van der Waals surface area contributed by atoms with Crippen molar-refractivity contribution in [3.8, 4) is 11.6 Å². The lowest BCUT2D eigenvalue weighted by Gasteiger charge is -2.21. The van der Waals surface area contributed by atoms with Crippen molar-refractivity contribution in [2.45, 2.75) is 32.9 Å². The molecule has 2 rings (SSSR count). The Morgan fingerprint density at radius 2 is 2.00 bits per heavy atom. The highest BCUT2D eigenvalue weighted by Crippen LogP contribution is 2.29. The predicted molar refractivity (Wildman–Crippen MR) is 82.3 cm³/mol. The second-order valence-corrected chi connectivity index (χ2v) is 6.16. The van der Waals surface area contributed by atoms with E-state index in [1.807, 2.05) is 32.9 Å². The topological polar surface area (TPSA) is 34.2 Å². The summed E-state index contributed by atoms with van der Waals surface area (Å²) in [5, 5.41) is 3.77. The lowest BCUT2D eigenvalue weighted by Crippen LogP contribution is -2.35. The number of hydrogen-bond acceptors (Lipinski definition) is 3. The number of nitrogens with one attached hydrogen (secondary N) is 1. The predicted octanol–water partition coefficient (Wildman–Crippen LogP) is 4.55. The SMILES string of the molecule is CC(C)(C)NCc1cc(F)cnc1Oc1ccccc1Cl. The maximum atomic E-state index is 13.4. The van der Waals surface area contributed by atoms with Crippen molar-refractivity contribution in [3.05, 3.63) is 52.9 Å². The molecule has 2 aromatic rings. The van der Waals surface area contributed by atoms with E-state index in [-0.39, 0.29) is 5.54 Å². The number of ether oxygens (including phenoxy) is 1. The highest BCUT2D eigenvalue weighted by atomic mass is 35.5. The molecule has 0 amide bonds. The van der Waals surface area contributed by atoms with Crippen LogP contribution >= 0.6 is 11.6 Å². The van der Waals surface area contributed by atoms with E-state index < -0.39 is 5.82 Å². The van der Waals surface area contributed by atoms with Crippen molar-refractivity contribution < 1.29 is 9.13 Å². The first-order valence-corrected chi connectivity index (χ1v) is 7.05. The zero-order chi connectivity index (χ0) is 15.5. The first-order chi connectivity index (χ1) is 9.85. The van der Waals surface area contributed by atoms with Gasteiger partial charge in [0.05, 0.1) is 11.2 Å². The van der Waals surface area contributed by atoms with Gasteiger partial charge < -0.3 is 10.1 Å². The fraction of sp³-hybridized carbons (Fsp3) is 0.312. The van der Waals surface area contributed by atoms with Crippen LogP contribution in [0.2, 0.25) is 5.02 Å². The first kappa shape index (κ1) is 15.7. The standard InChI is InChI=1S/C16H18ClFN2O/c1-16(2,3)20-9-11-8-12(18)10-19-15(11)21-14-7-5-4-6-13(14)17/h4-8,10,20H,9H2,1-3H3. The van der Waals surface area contributed by atoms with E-state index in [1.165, 1.54) is 6.07 Å². The first-order valence-electron chi connectivity index (χ1n) is 6.67. The number of pyridine rings is 1. The Kier molecular flexibility index (Phi) is 4.80. The monoisotopic (exact) mass is 308 g/mol. The molecule has 0 bridgehead atoms. The lowest BCUT2D eigenvalue weighted by molar-refractivity contribution is 0.407. The third kappa shape index (κ3) is 4.69. The van der Waals surface area contributed by atoms with Crippen molar-refractivity contribution in [1.29, 1.82) is 0 Å². The number of halogens is 2. The minimum absolute atomic E-state index is 0.0893. The molecule has 1 aromatic carbocycles. The van der Waals surface area contributed by atoms with Crippen LogP contribution < -0.4 is 10.1 Å². The van der Waals surface area contributed by atoms with Gasteiger partial charge in [0, 0.05) is 17.6 Å². The highest BCUT2D eigenvalue weighted by molar-refractivity contribution is 6.32. The molecule has 0 spiro atoms. The van der Waals surface area contributed by atoms with E-state index in [1.54, 1.807) is 12.1 Å². The molecule has 0 unspecified atom stereocenters. The van der Waals surface area contributed by atoms with Crippen molar-refractivity contribution >= 4 is 11.6 Å². The van der Waals surface area contributed by atoms with Gasteiger partial charge in [-0.3, -0.25) is 0 Å². The molecule has 3 nitrogen and oxygen atoms in total. The number of hydrogen-bond donors (Lipinski definition) is 1. The second-order valence-electron chi connectivity index (χ2n) is 5.75. The van der Waals surface area contributed by atoms with Crippen molar-refractivity contribution in [1.82, 2.24) is 10.3 Å². The van der Waals surface area contributed by atoms with Gasteiger partial charge >= 0.3 is 0 Å². The molecular weight excluding hydrogens is 291 g/mol. The Morgan fingerprint density at radius 1 is 1.29 bits per heavy atom. The van der Waals surface area contributed by atoms with Crippen LogP contribution in [0.25, 0.3) is 0 Å². The van der Waals surface area contributed by atoms with E-state index in [4.69, 9.17) is 16.3 Å². The van der Waals surface area contributed by atoms with Gasteiger partial charge in [-0.25, -0.2) is 9.37 Å². The summed E-state index contributed by atoms with van der Waals surface area (Å²) in [5.74, 6) is 0.448. The molecule has 1 aromatic heterocycles. The molecule has 21 heavy (non-hydrogen) atoms. The third-order valence-electron chi connectivity index (χ3n) is 2.74. The van der Waals surface area contributed by atoms with Crippen LogP contribution in [0.4, 0.5) is 4.39 Å². The molecule has 0 atom stereocenters. The normalized spacial score (nSPS) is 11.5. The number of para-hydroxylation sites is 1. The van der Waals surface area contributed by atoms with E-state index in [2.05, 4.69) is 10.3 Å². The Balaban J connectivity index is 2.25. The van der Waals surface area contributed by atoms with Crippen LogP contribution in [0, 0.1) is 5.82 Å². The van der Waals surface area contributed by atoms with Gasteiger partial charge in [-0.15, -0.1) is 0 Å². The smallest absolute Gasteiger partial charge is 0.223 e. The van der Waals surface area contributed by atoms with Crippen LogP contribution in [0.3, 0.4) is 0 Å². The fourth-order valence-electron chi connectivity index (χ4n) is 1.68. The van der Waals surface area contributed by atoms with Crippen LogP contribution in [0.5, 0.6) is 11.6 Å². The van der Waals surface area contributed by atoms with E-state index in [0.29, 0.717) is 28.8 Å². The molecule has 112 valence electrons. The molecular formula is C16H18ClFN2O. The van der Waals surface area contributed by atoms with Gasteiger partial charge in [-0.1, -0.05) is 23.7 Å². The molecule has 0 aliphatic carbocycles. The van der Waals surface area contributed by atoms with E-state index >= 15 is 0 Å². The van der Waals surface area contributed by atoms with E-state index in [9.17, 15) is 4.39 Å². The Bertz CT molecular complexity index is 626. The summed E-state index contributed by atoms with van der Waals surface area (Å²) >= 11 is 6.06. The number of rotatable bonds is 4. The minimum Gasteiger partial charge on any atom is -0.437 e. The minimum atomic E-state index is -0.396.